The molecule has 236 valence electrons. The molecule has 17 heteroatoms. The van der Waals surface area contributed by atoms with E-state index in [0.717, 1.165) is 10.8 Å². The second-order valence-corrected chi connectivity index (χ2v) is 10.1. The summed E-state index contributed by atoms with van der Waals surface area (Å²) in [6.07, 6.45) is -1.28. The van der Waals surface area contributed by atoms with E-state index >= 15 is 0 Å². The molecule has 4 heterocycles. The minimum absolute atomic E-state index is 0.0729. The molecular weight excluding hydrogens is 611 g/mol. The second kappa shape index (κ2) is 12.1. The first kappa shape index (κ1) is 31.2. The highest BCUT2D eigenvalue weighted by molar-refractivity contribution is 5.97. The van der Waals surface area contributed by atoms with Gasteiger partial charge in [-0.3, -0.25) is 19.1 Å². The number of ether oxygens (including phenoxy) is 1. The van der Waals surface area contributed by atoms with Gasteiger partial charge in [-0.25, -0.2) is 27.9 Å². The van der Waals surface area contributed by atoms with Gasteiger partial charge < -0.3 is 20.1 Å². The molecule has 1 aromatic carbocycles. The predicted octanol–water partition coefficient (Wildman–Crippen LogP) is 1.95. The van der Waals surface area contributed by atoms with Gasteiger partial charge in [0.2, 0.25) is 0 Å². The summed E-state index contributed by atoms with van der Waals surface area (Å²) in [5.74, 6) is -6.09. The zero-order valence-corrected chi connectivity index (χ0v) is 23.2. The third-order valence-corrected chi connectivity index (χ3v) is 7.25. The number of hydrogen-bond donors (Lipinski definition) is 2. The summed E-state index contributed by atoms with van der Waals surface area (Å²) in [4.78, 5) is 59.3. The van der Waals surface area contributed by atoms with Crippen molar-refractivity contribution in [1.82, 2.24) is 24.4 Å². The van der Waals surface area contributed by atoms with E-state index in [1.165, 1.54) is 42.2 Å². The van der Waals surface area contributed by atoms with Crippen LogP contribution in [0.15, 0.2) is 58.5 Å². The predicted molar refractivity (Wildman–Crippen MR) is 147 cm³/mol. The Hall–Kier alpha value is -5.19. The lowest BCUT2D eigenvalue weighted by Gasteiger charge is -2.38. The number of fused-ring (bicyclic) bond motifs is 1. The number of halogens is 5. The number of carboxylic acids is 1. The number of aromatic nitrogens is 4. The summed E-state index contributed by atoms with van der Waals surface area (Å²) in [7, 11) is 1.44. The van der Waals surface area contributed by atoms with Crippen molar-refractivity contribution in [3.05, 3.63) is 92.5 Å². The zero-order chi connectivity index (χ0) is 32.6. The number of morpholine rings is 1. The fraction of sp³-hybridized carbons (Fsp3) is 0.286. The van der Waals surface area contributed by atoms with E-state index in [1.807, 2.05) is 5.32 Å². The van der Waals surface area contributed by atoms with Crippen LogP contribution in [0.1, 0.15) is 15.9 Å². The highest BCUT2D eigenvalue weighted by Gasteiger charge is 2.46. The molecule has 0 unspecified atom stereocenters. The summed E-state index contributed by atoms with van der Waals surface area (Å²) < 4.78 is 77.1. The summed E-state index contributed by atoms with van der Waals surface area (Å²) >= 11 is 0. The number of rotatable bonds is 7. The topological polar surface area (TPSA) is 149 Å². The molecule has 12 nitrogen and oxygen atoms in total. The lowest BCUT2D eigenvalue weighted by atomic mass is 10.1. The van der Waals surface area contributed by atoms with Crippen LogP contribution < -0.4 is 21.5 Å². The molecule has 2 N–H and O–H groups in total. The van der Waals surface area contributed by atoms with Gasteiger partial charge in [0.05, 0.1) is 30.3 Å². The Morgan fingerprint density at radius 2 is 1.84 bits per heavy atom. The van der Waals surface area contributed by atoms with Crippen molar-refractivity contribution in [3.8, 4) is 5.82 Å². The van der Waals surface area contributed by atoms with Gasteiger partial charge in [-0.05, 0) is 29.8 Å². The van der Waals surface area contributed by atoms with Crippen LogP contribution in [0.3, 0.4) is 0 Å². The molecule has 0 bridgehead atoms. The molecule has 0 radical (unpaired) electrons. The maximum atomic E-state index is 15.0. The standard InChI is InChI=1S/C28H23F5N6O6/c1-37-20-12-34-5-4-16(20)25(41)39(27(37)44)22-3-2-14(11-35-22)8-19(26(42)43)36-24(40)23-17(29)9-15(10-18(23)30)38-6-7-45-13-21(38)28(31,32)33/h2-5,9-12,19,21H,6-8,13H2,1H3,(H,36,40)(H,42,43)/t19-,21+/m0/s1. The SMILES string of the molecule is Cn1c(=O)n(-c2ccc(C[C@H](NC(=O)c3c(F)cc(N4CCOC[C@@H]4C(F)(F)F)cc3F)C(=O)O)cn2)c(=O)c2ccncc21. The number of amides is 1. The molecule has 45 heavy (non-hydrogen) atoms. The number of hydrogen-bond acceptors (Lipinski definition) is 8. The fourth-order valence-electron chi connectivity index (χ4n) is 4.96. The Morgan fingerprint density at radius 1 is 1.13 bits per heavy atom. The van der Waals surface area contributed by atoms with E-state index in [-0.39, 0.29) is 29.9 Å². The first-order valence-electron chi connectivity index (χ1n) is 13.2. The van der Waals surface area contributed by atoms with Crippen molar-refractivity contribution in [2.45, 2.75) is 24.7 Å². The summed E-state index contributed by atoms with van der Waals surface area (Å²) in [6, 6.07) is 1.31. The summed E-state index contributed by atoms with van der Waals surface area (Å²) in [5.41, 5.74) is -2.52. The van der Waals surface area contributed by atoms with E-state index in [9.17, 15) is 46.2 Å². The van der Waals surface area contributed by atoms with E-state index < -0.39 is 77.3 Å². The van der Waals surface area contributed by atoms with E-state index in [1.54, 1.807) is 0 Å². The molecule has 3 aromatic heterocycles. The lowest BCUT2D eigenvalue weighted by Crippen LogP contribution is -2.53. The Labute approximate surface area is 249 Å². The quantitative estimate of drug-likeness (QED) is 0.291. The number of aryl methyl sites for hydroxylation is 1. The number of carbonyl (C=O) groups excluding carboxylic acids is 1. The number of aliphatic carboxylic acids is 1. The van der Waals surface area contributed by atoms with Gasteiger partial charge in [0.1, 0.15) is 35.1 Å². The highest BCUT2D eigenvalue weighted by Crippen LogP contribution is 2.32. The minimum atomic E-state index is -4.76. The Balaban J connectivity index is 1.36. The molecule has 0 aliphatic carbocycles. The molecule has 4 aromatic rings. The number of nitrogens with one attached hydrogen (secondary N) is 1. The third-order valence-electron chi connectivity index (χ3n) is 7.25. The molecule has 1 fully saturated rings. The number of benzene rings is 1. The average molecular weight is 635 g/mol. The molecule has 1 aliphatic heterocycles. The molecule has 1 amide bonds. The van der Waals surface area contributed by atoms with Gasteiger partial charge in [-0.2, -0.15) is 13.2 Å². The smallest absolute Gasteiger partial charge is 0.411 e. The Morgan fingerprint density at radius 3 is 2.47 bits per heavy atom. The van der Waals surface area contributed by atoms with Crippen molar-refractivity contribution in [2.24, 2.45) is 7.05 Å². The number of nitrogens with zero attached hydrogens (tertiary/aromatic N) is 5. The van der Waals surface area contributed by atoms with Gasteiger partial charge in [-0.1, -0.05) is 6.07 Å². The normalized spacial score (nSPS) is 16.0. The number of alkyl halides is 3. The molecule has 1 aliphatic rings. The lowest BCUT2D eigenvalue weighted by molar-refractivity contribution is -0.167. The van der Waals surface area contributed by atoms with Crippen LogP contribution in [0.25, 0.3) is 16.7 Å². The van der Waals surface area contributed by atoms with E-state index in [0.29, 0.717) is 22.5 Å². The van der Waals surface area contributed by atoms with Gasteiger partial charge in [0, 0.05) is 38.1 Å². The monoisotopic (exact) mass is 634 g/mol. The first-order chi connectivity index (χ1) is 21.3. The molecule has 5 rings (SSSR count). The fourth-order valence-corrected chi connectivity index (χ4v) is 4.96. The van der Waals surface area contributed by atoms with Crippen LogP contribution in [-0.2, 0) is 23.0 Å². The van der Waals surface area contributed by atoms with Crippen LogP contribution in [0, 0.1) is 11.6 Å². The molecule has 0 saturated carbocycles. The largest absolute Gasteiger partial charge is 0.480 e. The van der Waals surface area contributed by atoms with Gasteiger partial charge >= 0.3 is 17.8 Å². The third kappa shape index (κ3) is 6.11. The maximum absolute atomic E-state index is 15.0. The number of carboxylic acid groups (broad SMARTS) is 1. The number of pyridine rings is 2. The van der Waals surface area contributed by atoms with Gasteiger partial charge in [-0.15, -0.1) is 0 Å². The van der Waals surface area contributed by atoms with Gasteiger partial charge in [0.15, 0.2) is 0 Å². The number of anilines is 1. The van der Waals surface area contributed by atoms with Crippen molar-refractivity contribution in [2.75, 3.05) is 24.7 Å². The molecule has 0 spiro atoms. The number of carbonyl (C=O) groups is 2. The van der Waals surface area contributed by atoms with Gasteiger partial charge in [0.25, 0.3) is 11.5 Å². The molecule has 1 saturated heterocycles. The first-order valence-corrected chi connectivity index (χ1v) is 13.2. The van der Waals surface area contributed by atoms with Crippen LogP contribution >= 0.6 is 0 Å². The molecule has 2 atom stereocenters. The molecular formula is C28H23F5N6O6. The van der Waals surface area contributed by atoms with E-state index in [4.69, 9.17) is 4.74 Å². The van der Waals surface area contributed by atoms with E-state index in [2.05, 4.69) is 9.97 Å². The van der Waals surface area contributed by atoms with Crippen molar-refractivity contribution >= 4 is 28.5 Å². The average Bonchev–Trinajstić information content (AvgIpc) is 2.99. The van der Waals surface area contributed by atoms with Crippen molar-refractivity contribution < 1.29 is 41.4 Å². The van der Waals surface area contributed by atoms with Crippen LogP contribution in [0.2, 0.25) is 0 Å². The van der Waals surface area contributed by atoms with Crippen LogP contribution in [0.5, 0.6) is 0 Å². The Bertz CT molecular complexity index is 1890. The van der Waals surface area contributed by atoms with Crippen LogP contribution in [0.4, 0.5) is 27.6 Å². The summed E-state index contributed by atoms with van der Waals surface area (Å²) in [6.45, 7) is -1.19. The zero-order valence-electron chi connectivity index (χ0n) is 23.2. The van der Waals surface area contributed by atoms with Crippen molar-refractivity contribution in [3.63, 3.8) is 0 Å². The summed E-state index contributed by atoms with van der Waals surface area (Å²) in [5, 5.41) is 11.9. The maximum Gasteiger partial charge on any atom is 0.411 e. The van der Waals surface area contributed by atoms with Crippen LogP contribution in [-0.4, -0.2) is 74.1 Å². The second-order valence-electron chi connectivity index (χ2n) is 10.1. The van der Waals surface area contributed by atoms with Crippen molar-refractivity contribution in [1.29, 1.82) is 0 Å². The minimum Gasteiger partial charge on any atom is -0.480 e. The Kier molecular flexibility index (Phi) is 8.38. The highest BCUT2D eigenvalue weighted by atomic mass is 19.4.